The minimum atomic E-state index is -0.879. The molecule has 1 aliphatic heterocycles. The van der Waals surface area contributed by atoms with E-state index in [2.05, 4.69) is 0 Å². The van der Waals surface area contributed by atoms with Gasteiger partial charge in [-0.15, -0.1) is 0 Å². The normalized spacial score (nSPS) is 29.2. The van der Waals surface area contributed by atoms with E-state index in [0.29, 0.717) is 52.9 Å². The van der Waals surface area contributed by atoms with Crippen molar-refractivity contribution in [2.75, 3.05) is 0 Å². The van der Waals surface area contributed by atoms with Crippen LogP contribution in [0.1, 0.15) is 49.5 Å². The number of ether oxygens (including phenoxy) is 1. The van der Waals surface area contributed by atoms with Gasteiger partial charge in [-0.3, -0.25) is 9.59 Å². The van der Waals surface area contributed by atoms with Crippen molar-refractivity contribution >= 4 is 16.8 Å². The van der Waals surface area contributed by atoms with Crippen LogP contribution in [0.3, 0.4) is 0 Å². The summed E-state index contributed by atoms with van der Waals surface area (Å²) in [5, 5.41) is 10.9. The van der Waals surface area contributed by atoms with Gasteiger partial charge >= 0.3 is 0 Å². The lowest BCUT2D eigenvalue weighted by molar-refractivity contribution is -0.105. The number of carbonyl (C=O) groups is 1. The van der Waals surface area contributed by atoms with Crippen LogP contribution < -0.4 is 15.9 Å². The Balaban J connectivity index is 1.77. The number of rotatable bonds is 2. The first kappa shape index (κ1) is 20.9. The maximum Gasteiger partial charge on any atom is 0.197 e. The first-order valence-electron chi connectivity index (χ1n) is 11.0. The van der Waals surface area contributed by atoms with Gasteiger partial charge in [0.1, 0.15) is 28.1 Å². The molecule has 1 saturated carbocycles. The van der Waals surface area contributed by atoms with Gasteiger partial charge < -0.3 is 20.0 Å². The van der Waals surface area contributed by atoms with E-state index in [1.165, 1.54) is 13.0 Å². The molecule has 6 heteroatoms. The molecule has 0 amide bonds. The molecule has 0 saturated heterocycles. The van der Waals surface area contributed by atoms with Crippen LogP contribution in [0.4, 0.5) is 0 Å². The first-order valence-corrected chi connectivity index (χ1v) is 11.0. The maximum absolute atomic E-state index is 13.3. The molecule has 1 aromatic heterocycles. The molecule has 0 bridgehead atoms. The van der Waals surface area contributed by atoms with Crippen LogP contribution in [0, 0.1) is 5.92 Å². The molecule has 3 aromatic rings. The number of nitrogens with two attached hydrogens (primary N) is 1. The van der Waals surface area contributed by atoms with Crippen molar-refractivity contribution in [2.24, 2.45) is 11.7 Å². The summed E-state index contributed by atoms with van der Waals surface area (Å²) >= 11 is 0. The monoisotopic (exact) mass is 433 g/mol. The van der Waals surface area contributed by atoms with Crippen molar-refractivity contribution in [3.8, 4) is 17.1 Å². The predicted octanol–water partition coefficient (Wildman–Crippen LogP) is 3.84. The van der Waals surface area contributed by atoms with Gasteiger partial charge in [0.05, 0.1) is 6.10 Å². The molecule has 4 atom stereocenters. The zero-order valence-electron chi connectivity index (χ0n) is 18.5. The fraction of sp³-hybridized carbons (Fsp3) is 0.385. The highest BCUT2D eigenvalue weighted by Gasteiger charge is 2.55. The first-order chi connectivity index (χ1) is 15.1. The SMILES string of the molecule is CC(=O)c1cc2oc(-c3ccccc3)cc(=O)c2c2c1CC1C(C)(N)[C@@H](O)CC[C@]1(C)O2. The van der Waals surface area contributed by atoms with E-state index in [-0.39, 0.29) is 17.1 Å². The number of aliphatic hydroxyl groups excluding tert-OH is 1. The Bertz CT molecular complexity index is 1290. The molecule has 32 heavy (non-hydrogen) atoms. The molecular weight excluding hydrogens is 406 g/mol. The lowest BCUT2D eigenvalue weighted by Crippen LogP contribution is -2.67. The van der Waals surface area contributed by atoms with Gasteiger partial charge in [0.2, 0.25) is 0 Å². The van der Waals surface area contributed by atoms with Crippen molar-refractivity contribution < 1.29 is 19.1 Å². The summed E-state index contributed by atoms with van der Waals surface area (Å²) in [4.78, 5) is 25.9. The van der Waals surface area contributed by atoms with Crippen molar-refractivity contribution in [2.45, 2.75) is 57.3 Å². The summed E-state index contributed by atoms with van der Waals surface area (Å²) in [5.41, 5.74) is 7.04. The summed E-state index contributed by atoms with van der Waals surface area (Å²) < 4.78 is 12.7. The number of ketones is 1. The summed E-state index contributed by atoms with van der Waals surface area (Å²) in [6.07, 6.45) is 0.891. The second-order valence-electron chi connectivity index (χ2n) is 9.59. The van der Waals surface area contributed by atoms with Gasteiger partial charge in [-0.25, -0.2) is 0 Å². The number of fused-ring (bicyclic) bond motifs is 4. The summed E-state index contributed by atoms with van der Waals surface area (Å²) in [5.74, 6) is 0.496. The zero-order valence-corrected chi connectivity index (χ0v) is 18.5. The molecule has 2 aromatic carbocycles. The van der Waals surface area contributed by atoms with Gasteiger partial charge in [-0.1, -0.05) is 30.3 Å². The van der Waals surface area contributed by atoms with Gasteiger partial charge in [0.25, 0.3) is 0 Å². The van der Waals surface area contributed by atoms with Crippen molar-refractivity contribution in [3.05, 3.63) is 63.8 Å². The van der Waals surface area contributed by atoms with E-state index in [9.17, 15) is 14.7 Å². The van der Waals surface area contributed by atoms with E-state index in [1.54, 1.807) is 6.07 Å². The summed E-state index contributed by atoms with van der Waals surface area (Å²) in [6, 6.07) is 12.5. The Kier molecular flexibility index (Phi) is 4.59. The Hall–Kier alpha value is -2.96. The lowest BCUT2D eigenvalue weighted by Gasteiger charge is -2.55. The fourth-order valence-corrected chi connectivity index (χ4v) is 5.50. The molecule has 6 nitrogen and oxygen atoms in total. The van der Waals surface area contributed by atoms with Crippen LogP contribution in [0.5, 0.6) is 5.75 Å². The summed E-state index contributed by atoms with van der Waals surface area (Å²) in [6.45, 7) is 5.30. The van der Waals surface area contributed by atoms with E-state index in [4.69, 9.17) is 14.9 Å². The number of carbonyl (C=O) groups excluding carboxylic acids is 1. The average molecular weight is 434 g/mol. The molecule has 3 N–H and O–H groups in total. The number of Topliss-reactive ketones (excluding diaryl/α,β-unsaturated/α-hetero) is 1. The summed E-state index contributed by atoms with van der Waals surface area (Å²) in [7, 11) is 0. The van der Waals surface area contributed by atoms with Crippen molar-refractivity contribution in [1.82, 2.24) is 0 Å². The van der Waals surface area contributed by atoms with Crippen molar-refractivity contribution in [1.29, 1.82) is 0 Å². The standard InChI is InChI=1S/C26H27NO5/c1-14(28)16-11-20-23(18(29)13-19(31-20)15-7-5-4-6-8-15)24-17(16)12-21-25(2,32-24)10-9-22(30)26(21,3)27/h4-8,11,13,21-22,30H,9-10,12,27H2,1-3H3/t21?,22-,25-,26?/m0/s1. The van der Waals surface area contributed by atoms with Crippen molar-refractivity contribution in [3.63, 3.8) is 0 Å². The van der Waals surface area contributed by atoms with Crippen LogP contribution >= 0.6 is 0 Å². The van der Waals surface area contributed by atoms with Crippen LogP contribution in [-0.4, -0.2) is 28.1 Å². The third-order valence-electron chi connectivity index (χ3n) is 7.38. The molecule has 166 valence electrons. The minimum absolute atomic E-state index is 0.141. The van der Waals surface area contributed by atoms with Crippen LogP contribution in [0.15, 0.2) is 51.7 Å². The molecule has 2 unspecified atom stereocenters. The minimum Gasteiger partial charge on any atom is -0.486 e. The van der Waals surface area contributed by atoms with Crippen LogP contribution in [-0.2, 0) is 6.42 Å². The second-order valence-corrected chi connectivity index (χ2v) is 9.59. The van der Waals surface area contributed by atoms with E-state index < -0.39 is 17.2 Å². The largest absolute Gasteiger partial charge is 0.486 e. The van der Waals surface area contributed by atoms with Gasteiger partial charge in [-0.05, 0) is 46.1 Å². The van der Waals surface area contributed by atoms with Crippen LogP contribution in [0.25, 0.3) is 22.3 Å². The van der Waals surface area contributed by atoms with E-state index in [1.807, 2.05) is 44.2 Å². The fourth-order valence-electron chi connectivity index (χ4n) is 5.50. The third-order valence-corrected chi connectivity index (χ3v) is 7.38. The number of aliphatic hydroxyl groups is 1. The quantitative estimate of drug-likeness (QED) is 0.595. The second kappa shape index (κ2) is 7.02. The third kappa shape index (κ3) is 3.01. The Morgan fingerprint density at radius 3 is 2.59 bits per heavy atom. The van der Waals surface area contributed by atoms with E-state index in [0.717, 1.165) is 5.56 Å². The average Bonchev–Trinajstić information content (AvgIpc) is 2.75. The Labute approximate surface area is 186 Å². The number of hydrogen-bond donors (Lipinski definition) is 2. The predicted molar refractivity (Wildman–Crippen MR) is 122 cm³/mol. The lowest BCUT2D eigenvalue weighted by atomic mass is 9.61. The number of hydrogen-bond acceptors (Lipinski definition) is 6. The van der Waals surface area contributed by atoms with Gasteiger partial charge in [-0.2, -0.15) is 0 Å². The molecule has 1 aliphatic carbocycles. The molecule has 1 fully saturated rings. The molecule has 5 rings (SSSR count). The zero-order chi connectivity index (χ0) is 22.8. The Morgan fingerprint density at radius 2 is 1.91 bits per heavy atom. The molecule has 2 heterocycles. The van der Waals surface area contributed by atoms with Crippen LogP contribution in [0.2, 0.25) is 0 Å². The number of benzene rings is 2. The molecule has 2 aliphatic rings. The van der Waals surface area contributed by atoms with Gasteiger partial charge in [0, 0.05) is 34.2 Å². The topological polar surface area (TPSA) is 103 Å². The van der Waals surface area contributed by atoms with E-state index >= 15 is 0 Å². The molecule has 0 spiro atoms. The smallest absolute Gasteiger partial charge is 0.197 e. The highest BCUT2D eigenvalue weighted by atomic mass is 16.5. The van der Waals surface area contributed by atoms with Gasteiger partial charge in [0.15, 0.2) is 11.2 Å². The molecule has 0 radical (unpaired) electrons. The Morgan fingerprint density at radius 1 is 1.19 bits per heavy atom. The highest BCUT2D eigenvalue weighted by Crippen LogP contribution is 2.50. The maximum atomic E-state index is 13.3. The highest BCUT2D eigenvalue weighted by molar-refractivity contribution is 6.02. The molecular formula is C26H27NO5.